The van der Waals surface area contributed by atoms with Gasteiger partial charge < -0.3 is 9.88 Å². The van der Waals surface area contributed by atoms with E-state index in [-0.39, 0.29) is 5.91 Å². The Morgan fingerprint density at radius 1 is 0.833 bits per heavy atom. The maximum Gasteiger partial charge on any atom is 0.273 e. The van der Waals surface area contributed by atoms with Crippen LogP contribution in [-0.2, 0) is 13.0 Å². The van der Waals surface area contributed by atoms with Crippen LogP contribution in [0.15, 0.2) is 79.0 Å². The van der Waals surface area contributed by atoms with Crippen LogP contribution in [0.25, 0.3) is 28.0 Å². The molecule has 7 heteroatoms. The molecule has 0 bridgehead atoms. The molecule has 0 spiro atoms. The van der Waals surface area contributed by atoms with Crippen molar-refractivity contribution in [2.45, 2.75) is 25.8 Å². The fourth-order valence-corrected chi connectivity index (χ4v) is 5.56. The van der Waals surface area contributed by atoms with Crippen molar-refractivity contribution in [3.05, 3.63) is 105 Å². The summed E-state index contributed by atoms with van der Waals surface area (Å²) in [5.74, 6) is -0.200. The van der Waals surface area contributed by atoms with Crippen LogP contribution >= 0.6 is 34.8 Å². The summed E-state index contributed by atoms with van der Waals surface area (Å²) in [5.41, 5.74) is 7.58. The van der Waals surface area contributed by atoms with Crippen molar-refractivity contribution in [1.82, 2.24) is 8.97 Å². The van der Waals surface area contributed by atoms with Gasteiger partial charge in [-0.2, -0.15) is 0 Å². The molecule has 2 aromatic heterocycles. The molecule has 1 aliphatic rings. The van der Waals surface area contributed by atoms with Gasteiger partial charge in [0.05, 0.1) is 15.7 Å². The van der Waals surface area contributed by atoms with Gasteiger partial charge in [0.25, 0.3) is 5.91 Å². The Labute approximate surface area is 224 Å². The van der Waals surface area contributed by atoms with Gasteiger partial charge in [-0.1, -0.05) is 77.3 Å². The summed E-state index contributed by atoms with van der Waals surface area (Å²) in [6.07, 6.45) is 5.09. The number of amides is 1. The van der Waals surface area contributed by atoms with Crippen LogP contribution in [0.4, 0.5) is 5.69 Å². The minimum absolute atomic E-state index is 0.200. The summed E-state index contributed by atoms with van der Waals surface area (Å²) in [4.78, 5) is 13.9. The molecule has 4 nitrogen and oxygen atoms in total. The Kier molecular flexibility index (Phi) is 6.04. The number of anilines is 1. The van der Waals surface area contributed by atoms with Gasteiger partial charge in [0.15, 0.2) is 0 Å². The second kappa shape index (κ2) is 9.36. The lowest BCUT2D eigenvalue weighted by molar-refractivity contribution is 0.102. The monoisotopic (exact) mass is 533 g/mol. The second-order valence-electron chi connectivity index (χ2n) is 8.97. The van der Waals surface area contributed by atoms with Crippen LogP contribution < -0.4 is 5.32 Å². The Morgan fingerprint density at radius 3 is 2.36 bits per heavy atom. The summed E-state index contributed by atoms with van der Waals surface area (Å²) < 4.78 is 4.40. The van der Waals surface area contributed by atoms with E-state index in [1.165, 1.54) is 5.56 Å². The van der Waals surface area contributed by atoms with Gasteiger partial charge in [-0.05, 0) is 60.7 Å². The topological polar surface area (TPSA) is 38.4 Å². The molecular weight excluding hydrogens is 513 g/mol. The molecule has 5 aromatic rings. The molecule has 0 saturated heterocycles. The predicted octanol–water partition coefficient (Wildman–Crippen LogP) is 8.62. The molecule has 0 aliphatic carbocycles. The molecule has 1 aliphatic heterocycles. The van der Waals surface area contributed by atoms with Crippen LogP contribution in [-0.4, -0.2) is 14.9 Å². The molecule has 0 fully saturated rings. The number of rotatable bonds is 4. The number of nitrogens with zero attached hydrogens (tertiary/aromatic N) is 2. The number of nitrogens with one attached hydrogen (secondary N) is 1. The number of hydrogen-bond acceptors (Lipinski definition) is 1. The minimum Gasteiger partial charge on any atom is -0.325 e. The lowest BCUT2D eigenvalue weighted by Gasteiger charge is -2.10. The van der Waals surface area contributed by atoms with E-state index in [0.717, 1.165) is 53.8 Å². The van der Waals surface area contributed by atoms with Crippen LogP contribution in [0.2, 0.25) is 15.1 Å². The largest absolute Gasteiger partial charge is 0.325 e. The molecule has 180 valence electrons. The number of benzene rings is 3. The summed E-state index contributed by atoms with van der Waals surface area (Å²) >= 11 is 18.5. The van der Waals surface area contributed by atoms with Gasteiger partial charge in [-0.3, -0.25) is 9.20 Å². The first kappa shape index (κ1) is 23.2. The summed E-state index contributed by atoms with van der Waals surface area (Å²) in [7, 11) is 0. The second-order valence-corrected chi connectivity index (χ2v) is 10.2. The minimum atomic E-state index is -0.200. The highest BCUT2D eigenvalue weighted by Crippen LogP contribution is 2.40. The first-order valence-electron chi connectivity index (χ1n) is 11.9. The molecule has 3 heterocycles. The SMILES string of the molecule is O=C(Nc1ccc(Cl)c(Cl)c1)c1c(-c2ccccc2)c2c3n(c(-c4ccc(Cl)cc4)cn13)CCCC2. The molecule has 1 N–H and O–H groups in total. The molecule has 3 aromatic carbocycles. The van der Waals surface area contributed by atoms with Gasteiger partial charge >= 0.3 is 0 Å². The summed E-state index contributed by atoms with van der Waals surface area (Å²) in [5, 5.41) is 4.58. The molecule has 6 rings (SSSR count). The van der Waals surface area contributed by atoms with E-state index in [0.29, 0.717) is 26.4 Å². The van der Waals surface area contributed by atoms with Crippen molar-refractivity contribution in [2.24, 2.45) is 0 Å². The van der Waals surface area contributed by atoms with Crippen molar-refractivity contribution in [1.29, 1.82) is 0 Å². The van der Waals surface area contributed by atoms with Crippen molar-refractivity contribution in [3.8, 4) is 22.4 Å². The Balaban J connectivity index is 1.59. The van der Waals surface area contributed by atoms with E-state index in [2.05, 4.69) is 32.6 Å². The van der Waals surface area contributed by atoms with Crippen molar-refractivity contribution in [2.75, 3.05) is 5.32 Å². The van der Waals surface area contributed by atoms with E-state index < -0.39 is 0 Å². The standard InChI is InChI=1S/C29H22Cl3N3O/c30-20-11-9-18(10-12-20)25-17-35-27(28(36)33-21-13-14-23(31)24(32)16-21)26(19-6-2-1-3-7-19)22-8-4-5-15-34(25)29(22)35/h1-3,6-7,9-14,16-17H,4-5,8,15H2,(H,33,36). The highest BCUT2D eigenvalue weighted by Gasteiger charge is 2.29. The third-order valence-corrected chi connectivity index (χ3v) is 7.72. The molecule has 0 unspecified atom stereocenters. The summed E-state index contributed by atoms with van der Waals surface area (Å²) in [6, 6.07) is 23.1. The lowest BCUT2D eigenvalue weighted by Crippen LogP contribution is -2.15. The molecule has 0 atom stereocenters. The number of aromatic nitrogens is 2. The Morgan fingerprint density at radius 2 is 1.61 bits per heavy atom. The van der Waals surface area contributed by atoms with Crippen LogP contribution in [0.5, 0.6) is 0 Å². The fraction of sp³-hybridized carbons (Fsp3) is 0.138. The Bertz CT molecular complexity index is 1600. The van der Waals surface area contributed by atoms with Gasteiger partial charge in [0, 0.05) is 34.6 Å². The highest BCUT2D eigenvalue weighted by atomic mass is 35.5. The van der Waals surface area contributed by atoms with Gasteiger partial charge in [-0.15, -0.1) is 0 Å². The maximum absolute atomic E-state index is 13.9. The van der Waals surface area contributed by atoms with Gasteiger partial charge in [0.2, 0.25) is 0 Å². The average molecular weight is 535 g/mol. The van der Waals surface area contributed by atoms with E-state index in [1.54, 1.807) is 18.2 Å². The lowest BCUT2D eigenvalue weighted by atomic mass is 9.98. The van der Waals surface area contributed by atoms with E-state index >= 15 is 0 Å². The zero-order valence-corrected chi connectivity index (χ0v) is 21.5. The first-order valence-corrected chi connectivity index (χ1v) is 13.0. The molecular formula is C29H22Cl3N3O. The third kappa shape index (κ3) is 4.00. The van der Waals surface area contributed by atoms with E-state index in [9.17, 15) is 4.79 Å². The molecule has 1 amide bonds. The number of halogens is 3. The normalized spacial score (nSPS) is 13.1. The highest BCUT2D eigenvalue weighted by molar-refractivity contribution is 6.42. The maximum atomic E-state index is 13.9. The smallest absolute Gasteiger partial charge is 0.273 e. The average Bonchev–Trinajstić information content (AvgIpc) is 3.30. The zero-order chi connectivity index (χ0) is 24.8. The predicted molar refractivity (Wildman–Crippen MR) is 149 cm³/mol. The third-order valence-electron chi connectivity index (χ3n) is 6.73. The number of hydrogen-bond donors (Lipinski definition) is 1. The molecule has 0 radical (unpaired) electrons. The van der Waals surface area contributed by atoms with Crippen LogP contribution in [0, 0.1) is 0 Å². The summed E-state index contributed by atoms with van der Waals surface area (Å²) in [6.45, 7) is 0.882. The van der Waals surface area contributed by atoms with Gasteiger partial charge in [0.1, 0.15) is 11.3 Å². The fourth-order valence-electron chi connectivity index (χ4n) is 5.14. The van der Waals surface area contributed by atoms with Crippen LogP contribution in [0.1, 0.15) is 28.9 Å². The Hall–Kier alpha value is -3.18. The van der Waals surface area contributed by atoms with Crippen molar-refractivity contribution >= 4 is 52.0 Å². The van der Waals surface area contributed by atoms with Gasteiger partial charge in [-0.25, -0.2) is 0 Å². The van der Waals surface area contributed by atoms with E-state index in [1.807, 2.05) is 42.5 Å². The molecule has 0 saturated carbocycles. The first-order chi connectivity index (χ1) is 17.5. The van der Waals surface area contributed by atoms with Crippen LogP contribution in [0.3, 0.4) is 0 Å². The number of imidazole rings is 1. The van der Waals surface area contributed by atoms with Crippen molar-refractivity contribution in [3.63, 3.8) is 0 Å². The molecule has 36 heavy (non-hydrogen) atoms. The quantitative estimate of drug-likeness (QED) is 0.246. The van der Waals surface area contributed by atoms with Crippen molar-refractivity contribution < 1.29 is 4.79 Å². The number of carbonyl (C=O) groups is 1. The number of aryl methyl sites for hydroxylation is 2. The zero-order valence-electron chi connectivity index (χ0n) is 19.3. The number of carbonyl (C=O) groups excluding carboxylic acids is 1. The van der Waals surface area contributed by atoms with E-state index in [4.69, 9.17) is 34.8 Å².